The molecule has 0 radical (unpaired) electrons. The number of hydrogen-bond donors (Lipinski definition) is 0. The van der Waals surface area contributed by atoms with Gasteiger partial charge < -0.3 is 9.47 Å². The Morgan fingerprint density at radius 2 is 2.27 bits per heavy atom. The zero-order valence-corrected chi connectivity index (χ0v) is 8.47. The van der Waals surface area contributed by atoms with Gasteiger partial charge in [0.1, 0.15) is 6.61 Å². The summed E-state index contributed by atoms with van der Waals surface area (Å²) < 4.78 is 10.4. The number of carbonyl (C=O) groups excluding carboxylic acids is 1. The van der Waals surface area contributed by atoms with E-state index in [0.29, 0.717) is 13.0 Å². The average Bonchev–Trinajstić information content (AvgIpc) is 2.26. The van der Waals surface area contributed by atoms with Gasteiger partial charge in [-0.3, -0.25) is 14.8 Å². The second kappa shape index (κ2) is 4.35. The summed E-state index contributed by atoms with van der Waals surface area (Å²) in [6.07, 6.45) is 3.86. The Kier molecular flexibility index (Phi) is 2.91. The molecule has 80 valence electrons. The van der Waals surface area contributed by atoms with E-state index in [-0.39, 0.29) is 18.7 Å². The van der Waals surface area contributed by atoms with Gasteiger partial charge in [-0.2, -0.15) is 0 Å². The first-order chi connectivity index (χ1) is 7.25. The smallest absolute Gasteiger partial charge is 0.302 e. The molecule has 1 aromatic rings. The molecule has 2 rings (SSSR count). The van der Waals surface area contributed by atoms with Crippen molar-refractivity contribution in [3.8, 4) is 0 Å². The van der Waals surface area contributed by atoms with E-state index in [1.165, 1.54) is 6.92 Å². The molecule has 1 aliphatic heterocycles. The molecule has 0 fully saturated rings. The molecule has 0 amide bonds. The van der Waals surface area contributed by atoms with Crippen LogP contribution in [0.15, 0.2) is 12.4 Å². The Labute approximate surface area is 87.4 Å². The molecule has 0 saturated heterocycles. The monoisotopic (exact) mass is 208 g/mol. The first-order valence-corrected chi connectivity index (χ1v) is 4.79. The van der Waals surface area contributed by atoms with Crippen LogP contribution in [0.4, 0.5) is 0 Å². The minimum atomic E-state index is -0.288. The number of aromatic nitrogens is 2. The lowest BCUT2D eigenvalue weighted by atomic mass is 10.1. The lowest BCUT2D eigenvalue weighted by Gasteiger charge is -2.22. The molecular weight excluding hydrogens is 196 g/mol. The van der Waals surface area contributed by atoms with Crippen LogP contribution >= 0.6 is 0 Å². The molecule has 0 saturated carbocycles. The predicted molar refractivity (Wildman–Crippen MR) is 50.9 cm³/mol. The van der Waals surface area contributed by atoms with E-state index in [1.54, 1.807) is 12.4 Å². The van der Waals surface area contributed by atoms with Gasteiger partial charge in [0.25, 0.3) is 0 Å². The van der Waals surface area contributed by atoms with Gasteiger partial charge in [-0.25, -0.2) is 0 Å². The predicted octanol–water partition coefficient (Wildman–Crippen LogP) is 0.481. The lowest BCUT2D eigenvalue weighted by molar-refractivity contribution is -0.146. The highest BCUT2D eigenvalue weighted by Crippen LogP contribution is 2.16. The van der Waals surface area contributed by atoms with E-state index in [4.69, 9.17) is 9.47 Å². The summed E-state index contributed by atoms with van der Waals surface area (Å²) in [6.45, 7) is 2.11. The maximum atomic E-state index is 10.6. The van der Waals surface area contributed by atoms with E-state index < -0.39 is 0 Å². The van der Waals surface area contributed by atoms with Crippen LogP contribution in [0.2, 0.25) is 0 Å². The van der Waals surface area contributed by atoms with Crippen molar-refractivity contribution in [2.24, 2.45) is 0 Å². The van der Waals surface area contributed by atoms with Crippen LogP contribution in [-0.2, 0) is 27.3 Å². The lowest BCUT2D eigenvalue weighted by Crippen LogP contribution is -2.29. The number of rotatable bonds is 2. The molecule has 1 aliphatic rings. The first-order valence-electron chi connectivity index (χ1n) is 4.79. The Bertz CT molecular complexity index is 367. The Morgan fingerprint density at radius 1 is 1.53 bits per heavy atom. The van der Waals surface area contributed by atoms with E-state index in [2.05, 4.69) is 9.97 Å². The number of ether oxygens (including phenoxy) is 2. The van der Waals surface area contributed by atoms with Gasteiger partial charge in [-0.05, 0) is 0 Å². The fourth-order valence-corrected chi connectivity index (χ4v) is 1.48. The summed E-state index contributed by atoms with van der Waals surface area (Å²) in [5.41, 5.74) is 1.80. The van der Waals surface area contributed by atoms with Crippen LogP contribution in [0.25, 0.3) is 0 Å². The normalized spacial score (nSPS) is 19.4. The van der Waals surface area contributed by atoms with E-state index in [0.717, 1.165) is 11.4 Å². The Morgan fingerprint density at radius 3 is 3.00 bits per heavy atom. The molecule has 0 aromatic carbocycles. The number of nitrogens with zero attached hydrogens (tertiary/aromatic N) is 2. The standard InChI is InChI=1S/C10H12N2O3/c1-7(13)14-5-8-4-9-10(6-15-8)12-3-2-11-9/h2-3,8H,4-6H2,1H3/t8-/m0/s1. The van der Waals surface area contributed by atoms with E-state index in [1.807, 2.05) is 0 Å². The number of fused-ring (bicyclic) bond motifs is 1. The quantitative estimate of drug-likeness (QED) is 0.661. The van der Waals surface area contributed by atoms with Crippen LogP contribution in [0.5, 0.6) is 0 Å². The third-order valence-corrected chi connectivity index (χ3v) is 2.21. The van der Waals surface area contributed by atoms with Crippen molar-refractivity contribution in [3.05, 3.63) is 23.8 Å². The van der Waals surface area contributed by atoms with Gasteiger partial charge in [-0.1, -0.05) is 0 Å². The minimum absolute atomic E-state index is 0.0990. The van der Waals surface area contributed by atoms with Crippen LogP contribution < -0.4 is 0 Å². The van der Waals surface area contributed by atoms with Gasteiger partial charge in [0.15, 0.2) is 0 Å². The van der Waals surface area contributed by atoms with Crippen molar-refractivity contribution >= 4 is 5.97 Å². The second-order valence-electron chi connectivity index (χ2n) is 3.39. The van der Waals surface area contributed by atoms with Gasteiger partial charge >= 0.3 is 5.97 Å². The van der Waals surface area contributed by atoms with Gasteiger partial charge in [-0.15, -0.1) is 0 Å². The molecule has 0 unspecified atom stereocenters. The highest BCUT2D eigenvalue weighted by atomic mass is 16.6. The highest BCUT2D eigenvalue weighted by molar-refractivity contribution is 5.65. The van der Waals surface area contributed by atoms with Crippen molar-refractivity contribution in [2.75, 3.05) is 6.61 Å². The van der Waals surface area contributed by atoms with Crippen molar-refractivity contribution in [3.63, 3.8) is 0 Å². The minimum Gasteiger partial charge on any atom is -0.463 e. The molecule has 0 bridgehead atoms. The number of hydrogen-bond acceptors (Lipinski definition) is 5. The maximum Gasteiger partial charge on any atom is 0.302 e. The fourth-order valence-electron chi connectivity index (χ4n) is 1.48. The van der Waals surface area contributed by atoms with E-state index in [9.17, 15) is 4.79 Å². The summed E-state index contributed by atoms with van der Waals surface area (Å²) >= 11 is 0. The van der Waals surface area contributed by atoms with Crippen molar-refractivity contribution < 1.29 is 14.3 Å². The number of carbonyl (C=O) groups is 1. The number of esters is 1. The van der Waals surface area contributed by atoms with Crippen LogP contribution in [0.3, 0.4) is 0 Å². The Balaban J connectivity index is 1.96. The van der Waals surface area contributed by atoms with Crippen LogP contribution in [-0.4, -0.2) is 28.6 Å². The molecule has 0 N–H and O–H groups in total. The molecule has 1 atom stereocenters. The largest absolute Gasteiger partial charge is 0.463 e. The second-order valence-corrected chi connectivity index (χ2v) is 3.39. The van der Waals surface area contributed by atoms with Gasteiger partial charge in [0, 0.05) is 25.7 Å². The fraction of sp³-hybridized carbons (Fsp3) is 0.500. The molecular formula is C10H12N2O3. The molecule has 0 aliphatic carbocycles. The SMILES string of the molecule is CC(=O)OC[C@@H]1Cc2nccnc2CO1. The topological polar surface area (TPSA) is 61.3 Å². The van der Waals surface area contributed by atoms with E-state index >= 15 is 0 Å². The van der Waals surface area contributed by atoms with Crippen molar-refractivity contribution in [2.45, 2.75) is 26.1 Å². The van der Waals surface area contributed by atoms with Crippen LogP contribution in [0, 0.1) is 0 Å². The zero-order chi connectivity index (χ0) is 10.7. The summed E-state index contributed by atoms with van der Waals surface area (Å²) in [5, 5.41) is 0. The molecule has 5 heteroatoms. The third-order valence-electron chi connectivity index (χ3n) is 2.21. The van der Waals surface area contributed by atoms with Crippen LogP contribution in [0.1, 0.15) is 18.3 Å². The summed E-state index contributed by atoms with van der Waals surface area (Å²) in [7, 11) is 0. The maximum absolute atomic E-state index is 10.6. The van der Waals surface area contributed by atoms with Gasteiger partial charge in [0.2, 0.25) is 0 Å². The average molecular weight is 208 g/mol. The third kappa shape index (κ3) is 2.50. The first kappa shape index (κ1) is 10.0. The molecule has 5 nitrogen and oxygen atoms in total. The molecule has 0 spiro atoms. The summed E-state index contributed by atoms with van der Waals surface area (Å²) in [6, 6.07) is 0. The summed E-state index contributed by atoms with van der Waals surface area (Å²) in [4.78, 5) is 19.0. The summed E-state index contributed by atoms with van der Waals surface area (Å²) in [5.74, 6) is -0.288. The Hall–Kier alpha value is -1.49. The van der Waals surface area contributed by atoms with Gasteiger partial charge in [0.05, 0.1) is 24.1 Å². The molecule has 2 heterocycles. The molecule has 1 aromatic heterocycles. The van der Waals surface area contributed by atoms with Crippen molar-refractivity contribution in [1.82, 2.24) is 9.97 Å². The van der Waals surface area contributed by atoms with Crippen molar-refractivity contribution in [1.29, 1.82) is 0 Å². The molecule has 15 heavy (non-hydrogen) atoms. The zero-order valence-electron chi connectivity index (χ0n) is 8.47. The highest BCUT2D eigenvalue weighted by Gasteiger charge is 2.21.